The van der Waals surface area contributed by atoms with Gasteiger partial charge in [0.05, 0.1) is 0 Å². The van der Waals surface area contributed by atoms with Crippen LogP contribution in [-0.4, -0.2) is 48.4 Å². The molecule has 6 nitrogen and oxygen atoms in total. The number of benzene rings is 2. The second-order valence-corrected chi connectivity index (χ2v) is 6.79. The number of carbonyl (C=O) groups excluding carboxylic acids is 3. The number of ether oxygens (including phenoxy) is 1. The third kappa shape index (κ3) is 4.97. The standard InChI is InChI=1S/C22H24N2O4/c1-16(22(27)24-13-5-6-14-24)28-20(25)15-23-21(26)19-11-9-18(10-12-19)17-7-3-2-4-8-17/h2-4,7-12,16H,5-6,13-15H2,1H3,(H,23,26)/t16-/m0/s1. The molecule has 0 aromatic heterocycles. The number of esters is 1. The zero-order valence-corrected chi connectivity index (χ0v) is 15.9. The van der Waals surface area contributed by atoms with Crippen LogP contribution in [-0.2, 0) is 14.3 Å². The number of amides is 2. The Morgan fingerprint density at radius 2 is 1.57 bits per heavy atom. The third-order valence-electron chi connectivity index (χ3n) is 4.72. The summed E-state index contributed by atoms with van der Waals surface area (Å²) >= 11 is 0. The van der Waals surface area contributed by atoms with Crippen LogP contribution < -0.4 is 5.32 Å². The molecule has 0 saturated carbocycles. The Kier molecular flexibility index (Phi) is 6.42. The lowest BCUT2D eigenvalue weighted by Crippen LogP contribution is -2.40. The van der Waals surface area contributed by atoms with Gasteiger partial charge in [-0.2, -0.15) is 0 Å². The smallest absolute Gasteiger partial charge is 0.326 e. The van der Waals surface area contributed by atoms with Gasteiger partial charge in [0, 0.05) is 18.7 Å². The molecule has 1 atom stereocenters. The largest absolute Gasteiger partial charge is 0.451 e. The topological polar surface area (TPSA) is 75.7 Å². The molecule has 0 radical (unpaired) electrons. The molecule has 2 amide bonds. The molecule has 1 fully saturated rings. The maximum absolute atomic E-state index is 12.2. The normalized spacial score (nSPS) is 14.4. The predicted molar refractivity (Wildman–Crippen MR) is 106 cm³/mol. The highest BCUT2D eigenvalue weighted by atomic mass is 16.5. The summed E-state index contributed by atoms with van der Waals surface area (Å²) in [5.41, 5.74) is 2.52. The van der Waals surface area contributed by atoms with Crippen molar-refractivity contribution in [1.82, 2.24) is 10.2 Å². The van der Waals surface area contributed by atoms with Crippen molar-refractivity contribution in [2.24, 2.45) is 0 Å². The number of nitrogens with one attached hydrogen (secondary N) is 1. The summed E-state index contributed by atoms with van der Waals surface area (Å²) < 4.78 is 5.14. The van der Waals surface area contributed by atoms with Gasteiger partial charge in [0.2, 0.25) is 0 Å². The molecule has 0 aliphatic carbocycles. The zero-order chi connectivity index (χ0) is 19.9. The van der Waals surface area contributed by atoms with E-state index in [1.807, 2.05) is 42.5 Å². The Labute approximate surface area is 164 Å². The number of nitrogens with zero attached hydrogens (tertiary/aromatic N) is 1. The minimum Gasteiger partial charge on any atom is -0.451 e. The first-order valence-electron chi connectivity index (χ1n) is 9.46. The van der Waals surface area contributed by atoms with Crippen molar-refractivity contribution in [1.29, 1.82) is 0 Å². The first-order valence-corrected chi connectivity index (χ1v) is 9.46. The third-order valence-corrected chi connectivity index (χ3v) is 4.72. The lowest BCUT2D eigenvalue weighted by Gasteiger charge is -2.20. The molecular formula is C22H24N2O4. The van der Waals surface area contributed by atoms with Gasteiger partial charge < -0.3 is 15.0 Å². The van der Waals surface area contributed by atoms with Crippen LogP contribution in [0.5, 0.6) is 0 Å². The predicted octanol–water partition coefficient (Wildman–Crippen LogP) is 2.64. The Balaban J connectivity index is 1.48. The molecule has 1 N–H and O–H groups in total. The van der Waals surface area contributed by atoms with Gasteiger partial charge in [0.25, 0.3) is 11.8 Å². The summed E-state index contributed by atoms with van der Waals surface area (Å²) in [4.78, 5) is 38.0. The van der Waals surface area contributed by atoms with Crippen molar-refractivity contribution in [3.8, 4) is 11.1 Å². The van der Waals surface area contributed by atoms with Crippen LogP contribution in [0.2, 0.25) is 0 Å². The summed E-state index contributed by atoms with van der Waals surface area (Å²) in [5, 5.41) is 2.53. The summed E-state index contributed by atoms with van der Waals surface area (Å²) in [5.74, 6) is -1.18. The van der Waals surface area contributed by atoms with Gasteiger partial charge >= 0.3 is 5.97 Å². The Morgan fingerprint density at radius 3 is 2.21 bits per heavy atom. The Hall–Kier alpha value is -3.15. The highest BCUT2D eigenvalue weighted by Crippen LogP contribution is 2.19. The minimum atomic E-state index is -0.840. The van der Waals surface area contributed by atoms with Crippen LogP contribution in [0.25, 0.3) is 11.1 Å². The van der Waals surface area contributed by atoms with Crippen molar-refractivity contribution in [2.45, 2.75) is 25.9 Å². The number of rotatable bonds is 6. The van der Waals surface area contributed by atoms with E-state index in [9.17, 15) is 14.4 Å². The molecule has 1 aliphatic heterocycles. The van der Waals surface area contributed by atoms with E-state index in [4.69, 9.17) is 4.74 Å². The molecule has 6 heteroatoms. The lowest BCUT2D eigenvalue weighted by molar-refractivity contribution is -0.157. The fraction of sp³-hybridized carbons (Fsp3) is 0.318. The first-order chi connectivity index (χ1) is 13.5. The van der Waals surface area contributed by atoms with Gasteiger partial charge in [-0.25, -0.2) is 0 Å². The van der Waals surface area contributed by atoms with Gasteiger partial charge in [0.15, 0.2) is 6.10 Å². The number of carbonyl (C=O) groups is 3. The van der Waals surface area contributed by atoms with Crippen LogP contribution in [0, 0.1) is 0 Å². The highest BCUT2D eigenvalue weighted by Gasteiger charge is 2.25. The zero-order valence-electron chi connectivity index (χ0n) is 15.9. The van der Waals surface area contributed by atoms with Crippen LogP contribution in [0.4, 0.5) is 0 Å². The van der Waals surface area contributed by atoms with Crippen LogP contribution in [0.1, 0.15) is 30.1 Å². The summed E-state index contributed by atoms with van der Waals surface area (Å²) in [6.45, 7) is 2.69. The number of hydrogen-bond donors (Lipinski definition) is 1. The van der Waals surface area contributed by atoms with Crippen LogP contribution in [0.3, 0.4) is 0 Å². The second-order valence-electron chi connectivity index (χ2n) is 6.79. The summed E-state index contributed by atoms with van der Waals surface area (Å²) in [7, 11) is 0. The molecule has 1 heterocycles. The fourth-order valence-corrected chi connectivity index (χ4v) is 3.18. The van der Waals surface area contributed by atoms with Crippen LogP contribution in [0.15, 0.2) is 54.6 Å². The molecule has 1 saturated heterocycles. The molecule has 2 aromatic rings. The van der Waals surface area contributed by atoms with Crippen molar-refractivity contribution in [3.05, 3.63) is 60.2 Å². The average molecular weight is 380 g/mol. The molecular weight excluding hydrogens is 356 g/mol. The maximum Gasteiger partial charge on any atom is 0.326 e. The monoisotopic (exact) mass is 380 g/mol. The molecule has 3 rings (SSSR count). The van der Waals surface area contributed by atoms with Gasteiger partial charge in [-0.1, -0.05) is 42.5 Å². The van der Waals surface area contributed by atoms with E-state index in [-0.39, 0.29) is 18.4 Å². The van der Waals surface area contributed by atoms with E-state index in [2.05, 4.69) is 5.32 Å². The molecule has 2 aromatic carbocycles. The number of hydrogen-bond acceptors (Lipinski definition) is 4. The fourth-order valence-electron chi connectivity index (χ4n) is 3.18. The molecule has 146 valence electrons. The molecule has 0 bridgehead atoms. The van der Waals surface area contributed by atoms with E-state index < -0.39 is 12.1 Å². The molecule has 28 heavy (non-hydrogen) atoms. The maximum atomic E-state index is 12.2. The molecule has 0 unspecified atom stereocenters. The van der Waals surface area contributed by atoms with Crippen molar-refractivity contribution >= 4 is 17.8 Å². The Morgan fingerprint density at radius 1 is 0.964 bits per heavy atom. The number of likely N-dealkylation sites (tertiary alicyclic amines) is 1. The highest BCUT2D eigenvalue weighted by molar-refractivity contribution is 5.96. The lowest BCUT2D eigenvalue weighted by atomic mass is 10.0. The van der Waals surface area contributed by atoms with E-state index in [1.165, 1.54) is 0 Å². The summed E-state index contributed by atoms with van der Waals surface area (Å²) in [6, 6.07) is 17.0. The summed E-state index contributed by atoms with van der Waals surface area (Å²) in [6.07, 6.45) is 1.12. The second kappa shape index (κ2) is 9.17. The van der Waals surface area contributed by atoms with E-state index in [0.717, 1.165) is 24.0 Å². The average Bonchev–Trinajstić information content (AvgIpc) is 3.27. The van der Waals surface area contributed by atoms with Gasteiger partial charge in [-0.3, -0.25) is 14.4 Å². The minimum absolute atomic E-state index is 0.186. The van der Waals surface area contributed by atoms with Gasteiger partial charge in [-0.15, -0.1) is 0 Å². The van der Waals surface area contributed by atoms with E-state index in [1.54, 1.807) is 24.0 Å². The van der Waals surface area contributed by atoms with E-state index >= 15 is 0 Å². The molecule has 1 aliphatic rings. The molecule has 0 spiro atoms. The van der Waals surface area contributed by atoms with Crippen molar-refractivity contribution in [3.63, 3.8) is 0 Å². The van der Waals surface area contributed by atoms with Gasteiger partial charge in [-0.05, 0) is 43.0 Å². The van der Waals surface area contributed by atoms with Crippen LogP contribution >= 0.6 is 0 Å². The van der Waals surface area contributed by atoms with E-state index in [0.29, 0.717) is 18.7 Å². The Bertz CT molecular complexity index is 827. The van der Waals surface area contributed by atoms with Crippen molar-refractivity contribution < 1.29 is 19.1 Å². The van der Waals surface area contributed by atoms with Crippen molar-refractivity contribution in [2.75, 3.05) is 19.6 Å². The first kappa shape index (κ1) is 19.6. The van der Waals surface area contributed by atoms with Gasteiger partial charge in [0.1, 0.15) is 6.54 Å². The SMILES string of the molecule is C[C@H](OC(=O)CNC(=O)c1ccc(-c2ccccc2)cc1)C(=O)N1CCCC1. The quantitative estimate of drug-likeness (QED) is 0.782.